The van der Waals surface area contributed by atoms with E-state index in [9.17, 15) is 9.59 Å². The average molecular weight is 372 g/mol. The third-order valence-corrected chi connectivity index (χ3v) is 4.49. The van der Waals surface area contributed by atoms with E-state index in [2.05, 4.69) is 25.6 Å². The molecular weight excluding hydrogens is 348 g/mol. The first kappa shape index (κ1) is 18.8. The summed E-state index contributed by atoms with van der Waals surface area (Å²) in [6, 6.07) is 0.0364. The molecule has 0 unspecified atom stereocenters. The van der Waals surface area contributed by atoms with Gasteiger partial charge in [0.05, 0.1) is 17.6 Å². The Balaban J connectivity index is 1.81. The normalized spacial score (nSPS) is 17.4. The molecule has 0 bridgehead atoms. The SMILES string of the molecule is C/C=C/C(=O)N1CCC[C@@H](Nc2ncnc3[nH]cc(C(=O)NCCO)c23)C1. The van der Waals surface area contributed by atoms with Crippen molar-refractivity contribution in [2.24, 2.45) is 0 Å². The maximum absolute atomic E-state index is 12.4. The zero-order valence-corrected chi connectivity index (χ0v) is 15.2. The largest absolute Gasteiger partial charge is 0.395 e. The van der Waals surface area contributed by atoms with E-state index < -0.39 is 0 Å². The molecule has 1 fully saturated rings. The zero-order chi connectivity index (χ0) is 19.2. The van der Waals surface area contributed by atoms with E-state index in [0.717, 1.165) is 19.4 Å². The highest BCUT2D eigenvalue weighted by atomic mass is 16.3. The first-order valence-electron chi connectivity index (χ1n) is 9.03. The second-order valence-corrected chi connectivity index (χ2v) is 6.40. The van der Waals surface area contributed by atoms with E-state index in [1.165, 1.54) is 6.33 Å². The lowest BCUT2D eigenvalue weighted by molar-refractivity contribution is -0.127. The predicted molar refractivity (Wildman–Crippen MR) is 101 cm³/mol. The Kier molecular flexibility index (Phi) is 6.02. The predicted octanol–water partition coefficient (Wildman–Crippen LogP) is 0.659. The molecule has 3 heterocycles. The van der Waals surface area contributed by atoms with Gasteiger partial charge in [0.2, 0.25) is 5.91 Å². The van der Waals surface area contributed by atoms with Gasteiger partial charge < -0.3 is 25.6 Å². The molecule has 4 N–H and O–H groups in total. The second-order valence-electron chi connectivity index (χ2n) is 6.40. The van der Waals surface area contributed by atoms with Gasteiger partial charge in [-0.25, -0.2) is 9.97 Å². The Morgan fingerprint density at radius 2 is 2.30 bits per heavy atom. The fourth-order valence-electron chi connectivity index (χ4n) is 3.25. The number of aromatic amines is 1. The van der Waals surface area contributed by atoms with Gasteiger partial charge in [0.15, 0.2) is 0 Å². The smallest absolute Gasteiger partial charge is 0.253 e. The van der Waals surface area contributed by atoms with Crippen LogP contribution in [0.25, 0.3) is 11.0 Å². The number of aliphatic hydroxyl groups excluding tert-OH is 1. The zero-order valence-electron chi connectivity index (χ0n) is 15.2. The van der Waals surface area contributed by atoms with Gasteiger partial charge in [-0.15, -0.1) is 0 Å². The van der Waals surface area contributed by atoms with E-state index in [1.807, 2.05) is 11.8 Å². The number of amides is 2. The number of H-pyrrole nitrogens is 1. The van der Waals surface area contributed by atoms with Crippen LogP contribution in [0.1, 0.15) is 30.1 Å². The van der Waals surface area contributed by atoms with E-state index >= 15 is 0 Å². The third kappa shape index (κ3) is 4.25. The van der Waals surface area contributed by atoms with Gasteiger partial charge in [0.25, 0.3) is 5.91 Å². The topological polar surface area (TPSA) is 123 Å². The van der Waals surface area contributed by atoms with Crippen LogP contribution < -0.4 is 10.6 Å². The van der Waals surface area contributed by atoms with Crippen LogP contribution in [-0.2, 0) is 4.79 Å². The molecule has 0 aliphatic carbocycles. The molecule has 2 aromatic heterocycles. The Labute approximate surface area is 156 Å². The van der Waals surface area contributed by atoms with Crippen molar-refractivity contribution in [2.45, 2.75) is 25.8 Å². The van der Waals surface area contributed by atoms with Crippen molar-refractivity contribution in [1.82, 2.24) is 25.2 Å². The van der Waals surface area contributed by atoms with Crippen LogP contribution in [0.4, 0.5) is 5.82 Å². The van der Waals surface area contributed by atoms with Crippen LogP contribution in [0.3, 0.4) is 0 Å². The van der Waals surface area contributed by atoms with Crippen LogP contribution in [0.5, 0.6) is 0 Å². The molecular formula is C18H24N6O3. The van der Waals surface area contributed by atoms with E-state index in [-0.39, 0.29) is 31.0 Å². The highest BCUT2D eigenvalue weighted by molar-refractivity contribution is 6.09. The number of nitrogens with zero attached hydrogens (tertiary/aromatic N) is 3. The highest BCUT2D eigenvalue weighted by Crippen LogP contribution is 2.25. The summed E-state index contributed by atoms with van der Waals surface area (Å²) in [6.07, 6.45) is 8.13. The average Bonchev–Trinajstić information content (AvgIpc) is 3.12. The Hall–Kier alpha value is -2.94. The lowest BCUT2D eigenvalue weighted by atomic mass is 10.1. The van der Waals surface area contributed by atoms with Gasteiger partial charge in [-0.05, 0) is 25.8 Å². The minimum absolute atomic E-state index is 0.00236. The van der Waals surface area contributed by atoms with Crippen molar-refractivity contribution in [3.63, 3.8) is 0 Å². The molecule has 1 aliphatic heterocycles. The molecule has 1 saturated heterocycles. The van der Waals surface area contributed by atoms with Crippen molar-refractivity contribution >= 4 is 28.7 Å². The quantitative estimate of drug-likeness (QED) is 0.553. The minimum atomic E-state index is -0.304. The van der Waals surface area contributed by atoms with Crippen LogP contribution in [0, 0.1) is 0 Å². The first-order chi connectivity index (χ1) is 13.1. The number of likely N-dealkylation sites (tertiary alicyclic amines) is 1. The molecule has 1 atom stereocenters. The van der Waals surface area contributed by atoms with Crippen LogP contribution in [0.2, 0.25) is 0 Å². The number of piperidine rings is 1. The summed E-state index contributed by atoms with van der Waals surface area (Å²) in [5, 5.41) is 15.5. The molecule has 0 saturated carbocycles. The second kappa shape index (κ2) is 8.63. The van der Waals surface area contributed by atoms with E-state index in [0.29, 0.717) is 29.0 Å². The number of nitrogens with one attached hydrogen (secondary N) is 3. The Morgan fingerprint density at radius 1 is 1.44 bits per heavy atom. The van der Waals surface area contributed by atoms with Crippen molar-refractivity contribution in [2.75, 3.05) is 31.6 Å². The number of aromatic nitrogens is 3. The van der Waals surface area contributed by atoms with Gasteiger partial charge in [-0.2, -0.15) is 0 Å². The molecule has 27 heavy (non-hydrogen) atoms. The summed E-state index contributed by atoms with van der Waals surface area (Å²) in [6.45, 7) is 3.18. The van der Waals surface area contributed by atoms with E-state index in [4.69, 9.17) is 5.11 Å². The van der Waals surface area contributed by atoms with Gasteiger partial charge in [0.1, 0.15) is 17.8 Å². The summed E-state index contributed by atoms with van der Waals surface area (Å²) in [7, 11) is 0. The molecule has 144 valence electrons. The molecule has 0 radical (unpaired) electrons. The van der Waals surface area contributed by atoms with Gasteiger partial charge >= 0.3 is 0 Å². The number of carbonyl (C=O) groups is 2. The monoisotopic (exact) mass is 372 g/mol. The number of aliphatic hydroxyl groups is 1. The summed E-state index contributed by atoms with van der Waals surface area (Å²) in [4.78, 5) is 37.7. The summed E-state index contributed by atoms with van der Waals surface area (Å²) < 4.78 is 0. The molecule has 0 aromatic carbocycles. The summed E-state index contributed by atoms with van der Waals surface area (Å²) in [5.74, 6) is 0.255. The molecule has 2 amide bonds. The molecule has 1 aliphatic rings. The summed E-state index contributed by atoms with van der Waals surface area (Å²) in [5.41, 5.74) is 0.971. The van der Waals surface area contributed by atoms with Crippen LogP contribution >= 0.6 is 0 Å². The third-order valence-electron chi connectivity index (χ3n) is 4.49. The Bertz CT molecular complexity index is 847. The van der Waals surface area contributed by atoms with Crippen molar-refractivity contribution in [3.8, 4) is 0 Å². The number of fused-ring (bicyclic) bond motifs is 1. The van der Waals surface area contributed by atoms with Crippen molar-refractivity contribution in [3.05, 3.63) is 30.2 Å². The first-order valence-corrected chi connectivity index (χ1v) is 9.03. The lowest BCUT2D eigenvalue weighted by Crippen LogP contribution is -2.44. The standard InChI is InChI=1S/C18H24N6O3/c1-2-4-14(26)24-7-3-5-12(10-24)23-17-15-13(18(27)19-6-8-25)9-20-16(15)21-11-22-17/h2,4,9,11-12,25H,3,5-8,10H2,1H3,(H,19,27)(H2,20,21,22,23)/b4-2+/t12-/m1/s1. The number of carbonyl (C=O) groups excluding carboxylic acids is 2. The van der Waals surface area contributed by atoms with Gasteiger partial charge in [0, 0.05) is 31.9 Å². The number of hydrogen-bond donors (Lipinski definition) is 4. The molecule has 9 nitrogen and oxygen atoms in total. The molecule has 3 rings (SSSR count). The highest BCUT2D eigenvalue weighted by Gasteiger charge is 2.24. The molecule has 0 spiro atoms. The van der Waals surface area contributed by atoms with Gasteiger partial charge in [-0.1, -0.05) is 6.08 Å². The fourth-order valence-corrected chi connectivity index (χ4v) is 3.25. The van der Waals surface area contributed by atoms with Crippen LogP contribution in [-0.4, -0.2) is 69.1 Å². The van der Waals surface area contributed by atoms with E-state index in [1.54, 1.807) is 18.3 Å². The van der Waals surface area contributed by atoms with Crippen molar-refractivity contribution in [1.29, 1.82) is 0 Å². The van der Waals surface area contributed by atoms with Gasteiger partial charge in [-0.3, -0.25) is 9.59 Å². The summed E-state index contributed by atoms with van der Waals surface area (Å²) >= 11 is 0. The number of anilines is 1. The Morgan fingerprint density at radius 3 is 3.07 bits per heavy atom. The van der Waals surface area contributed by atoms with Crippen LogP contribution in [0.15, 0.2) is 24.7 Å². The number of rotatable bonds is 6. The lowest BCUT2D eigenvalue weighted by Gasteiger charge is -2.33. The molecule has 9 heteroatoms. The van der Waals surface area contributed by atoms with Crippen molar-refractivity contribution < 1.29 is 14.7 Å². The fraction of sp³-hybridized carbons (Fsp3) is 0.444. The molecule has 2 aromatic rings. The minimum Gasteiger partial charge on any atom is -0.395 e. The maximum Gasteiger partial charge on any atom is 0.253 e. The number of hydrogen-bond acceptors (Lipinski definition) is 6. The number of allylic oxidation sites excluding steroid dienone is 1. The maximum atomic E-state index is 12.4.